The SMILES string of the molecule is Cc1ccc(C(=O)NCC(F)(F)F)cc1NC(=O)CCc1ccc2c(c1)OCO2. The second-order valence-corrected chi connectivity index (χ2v) is 6.56. The summed E-state index contributed by atoms with van der Waals surface area (Å²) in [4.78, 5) is 24.2. The van der Waals surface area contributed by atoms with Gasteiger partial charge in [0.15, 0.2) is 11.5 Å². The molecule has 0 aromatic heterocycles. The van der Waals surface area contributed by atoms with Crippen LogP contribution in [0.25, 0.3) is 0 Å². The molecule has 1 heterocycles. The third kappa shape index (κ3) is 5.63. The molecule has 0 saturated carbocycles. The number of aryl methyl sites for hydroxylation is 2. The van der Waals surface area contributed by atoms with E-state index in [-0.39, 0.29) is 24.7 Å². The molecule has 6 nitrogen and oxygen atoms in total. The van der Waals surface area contributed by atoms with Gasteiger partial charge in [0.1, 0.15) is 6.54 Å². The Morgan fingerprint density at radius 1 is 1.07 bits per heavy atom. The minimum absolute atomic E-state index is 0.0333. The number of alkyl halides is 3. The first-order valence-corrected chi connectivity index (χ1v) is 8.85. The lowest BCUT2D eigenvalue weighted by molar-refractivity contribution is -0.123. The van der Waals surface area contributed by atoms with E-state index in [4.69, 9.17) is 9.47 Å². The Kier molecular flexibility index (Phi) is 5.95. The average molecular weight is 408 g/mol. The summed E-state index contributed by atoms with van der Waals surface area (Å²) in [5, 5.41) is 4.51. The van der Waals surface area contributed by atoms with Gasteiger partial charge in [0.2, 0.25) is 12.7 Å². The topological polar surface area (TPSA) is 76.7 Å². The maximum absolute atomic E-state index is 12.3. The Morgan fingerprint density at radius 3 is 2.59 bits per heavy atom. The molecule has 2 aromatic rings. The molecule has 29 heavy (non-hydrogen) atoms. The molecule has 0 saturated heterocycles. The van der Waals surface area contributed by atoms with E-state index in [0.29, 0.717) is 29.2 Å². The van der Waals surface area contributed by atoms with Crippen molar-refractivity contribution in [2.45, 2.75) is 25.9 Å². The Hall–Kier alpha value is -3.23. The Balaban J connectivity index is 1.58. The predicted octanol–water partition coefficient (Wildman–Crippen LogP) is 3.59. The number of fused-ring (bicyclic) bond motifs is 1. The molecule has 2 N–H and O–H groups in total. The van der Waals surface area contributed by atoms with Crippen LogP contribution in [0.4, 0.5) is 18.9 Å². The number of halogens is 3. The molecular formula is C20H19F3N2O4. The van der Waals surface area contributed by atoms with Crippen molar-refractivity contribution < 1.29 is 32.2 Å². The summed E-state index contributed by atoms with van der Waals surface area (Å²) in [6.45, 7) is 0.479. The lowest BCUT2D eigenvalue weighted by Crippen LogP contribution is -2.33. The smallest absolute Gasteiger partial charge is 0.405 e. The van der Waals surface area contributed by atoms with Gasteiger partial charge in [-0.25, -0.2) is 0 Å². The van der Waals surface area contributed by atoms with Gasteiger partial charge in [-0.2, -0.15) is 13.2 Å². The Bertz CT molecular complexity index is 928. The van der Waals surface area contributed by atoms with Crippen LogP contribution in [0.1, 0.15) is 27.9 Å². The summed E-state index contributed by atoms with van der Waals surface area (Å²) in [5.74, 6) is 0.155. The van der Waals surface area contributed by atoms with Crippen molar-refractivity contribution in [2.75, 3.05) is 18.7 Å². The Morgan fingerprint density at radius 2 is 1.83 bits per heavy atom. The van der Waals surface area contributed by atoms with Gasteiger partial charge in [0, 0.05) is 17.7 Å². The predicted molar refractivity (Wildman–Crippen MR) is 99.1 cm³/mol. The number of amides is 2. The first-order valence-electron chi connectivity index (χ1n) is 8.85. The van der Waals surface area contributed by atoms with E-state index in [1.54, 1.807) is 19.1 Å². The molecule has 0 fully saturated rings. The average Bonchev–Trinajstić information content (AvgIpc) is 3.13. The van der Waals surface area contributed by atoms with E-state index >= 15 is 0 Å². The number of carbonyl (C=O) groups excluding carboxylic acids is 2. The fraction of sp³-hybridized carbons (Fsp3) is 0.300. The van der Waals surface area contributed by atoms with Gasteiger partial charge >= 0.3 is 6.18 Å². The maximum Gasteiger partial charge on any atom is 0.405 e. The summed E-state index contributed by atoms with van der Waals surface area (Å²) < 4.78 is 47.3. The first-order chi connectivity index (χ1) is 13.7. The van der Waals surface area contributed by atoms with Crippen LogP contribution in [-0.4, -0.2) is 31.3 Å². The molecule has 2 aromatic carbocycles. The molecule has 0 unspecified atom stereocenters. The van der Waals surface area contributed by atoms with E-state index < -0.39 is 18.6 Å². The van der Waals surface area contributed by atoms with E-state index in [1.807, 2.05) is 17.4 Å². The van der Waals surface area contributed by atoms with Gasteiger partial charge in [-0.15, -0.1) is 0 Å². The van der Waals surface area contributed by atoms with Crippen LogP contribution in [0.3, 0.4) is 0 Å². The van der Waals surface area contributed by atoms with Crippen molar-refractivity contribution in [2.24, 2.45) is 0 Å². The molecule has 1 aliphatic heterocycles. The zero-order valence-corrected chi connectivity index (χ0v) is 15.6. The van der Waals surface area contributed by atoms with Crippen LogP contribution in [0, 0.1) is 6.92 Å². The lowest BCUT2D eigenvalue weighted by atomic mass is 10.1. The van der Waals surface area contributed by atoms with Crippen LogP contribution in [0.15, 0.2) is 36.4 Å². The highest BCUT2D eigenvalue weighted by Crippen LogP contribution is 2.32. The van der Waals surface area contributed by atoms with Crippen LogP contribution < -0.4 is 20.1 Å². The zero-order chi connectivity index (χ0) is 21.0. The highest BCUT2D eigenvalue weighted by atomic mass is 19.4. The Labute approximate surface area is 165 Å². The van der Waals surface area contributed by atoms with Crippen LogP contribution in [0.2, 0.25) is 0 Å². The number of anilines is 1. The van der Waals surface area contributed by atoms with Crippen molar-refractivity contribution >= 4 is 17.5 Å². The van der Waals surface area contributed by atoms with E-state index in [2.05, 4.69) is 5.32 Å². The number of hydrogen-bond acceptors (Lipinski definition) is 4. The molecule has 0 spiro atoms. The van der Waals surface area contributed by atoms with Crippen LogP contribution in [-0.2, 0) is 11.2 Å². The number of carbonyl (C=O) groups is 2. The molecule has 154 valence electrons. The van der Waals surface area contributed by atoms with Gasteiger partial charge in [0.25, 0.3) is 5.91 Å². The third-order valence-corrected chi connectivity index (χ3v) is 4.30. The second kappa shape index (κ2) is 8.42. The monoisotopic (exact) mass is 408 g/mol. The fourth-order valence-electron chi connectivity index (χ4n) is 2.75. The van der Waals surface area contributed by atoms with Gasteiger partial charge in [-0.3, -0.25) is 9.59 Å². The van der Waals surface area contributed by atoms with E-state index in [9.17, 15) is 22.8 Å². The minimum atomic E-state index is -4.49. The summed E-state index contributed by atoms with van der Waals surface area (Å²) in [7, 11) is 0. The summed E-state index contributed by atoms with van der Waals surface area (Å²) in [6, 6.07) is 9.77. The quantitative estimate of drug-likeness (QED) is 0.766. The van der Waals surface area contributed by atoms with Gasteiger partial charge in [-0.1, -0.05) is 12.1 Å². The number of rotatable bonds is 6. The molecule has 3 rings (SSSR count). The number of ether oxygens (including phenoxy) is 2. The fourth-order valence-corrected chi connectivity index (χ4v) is 2.75. The van der Waals surface area contributed by atoms with Crippen molar-refractivity contribution in [3.05, 3.63) is 53.1 Å². The second-order valence-electron chi connectivity index (χ2n) is 6.56. The lowest BCUT2D eigenvalue weighted by Gasteiger charge is -2.12. The minimum Gasteiger partial charge on any atom is -0.454 e. The largest absolute Gasteiger partial charge is 0.454 e. The van der Waals surface area contributed by atoms with Crippen molar-refractivity contribution in [3.8, 4) is 11.5 Å². The van der Waals surface area contributed by atoms with Crippen LogP contribution >= 0.6 is 0 Å². The highest BCUT2D eigenvalue weighted by Gasteiger charge is 2.28. The van der Waals surface area contributed by atoms with E-state index in [1.165, 1.54) is 12.1 Å². The number of hydrogen-bond donors (Lipinski definition) is 2. The third-order valence-electron chi connectivity index (χ3n) is 4.30. The summed E-state index contributed by atoms with van der Waals surface area (Å²) >= 11 is 0. The normalized spacial score (nSPS) is 12.6. The molecule has 0 atom stereocenters. The molecule has 1 aliphatic rings. The molecule has 2 amide bonds. The van der Waals surface area contributed by atoms with Crippen molar-refractivity contribution in [1.82, 2.24) is 5.32 Å². The van der Waals surface area contributed by atoms with Crippen molar-refractivity contribution in [3.63, 3.8) is 0 Å². The molecule has 0 bridgehead atoms. The van der Waals surface area contributed by atoms with Crippen LogP contribution in [0.5, 0.6) is 11.5 Å². The van der Waals surface area contributed by atoms with E-state index in [0.717, 1.165) is 5.56 Å². The molecule has 0 radical (unpaired) electrons. The van der Waals surface area contributed by atoms with Crippen molar-refractivity contribution in [1.29, 1.82) is 0 Å². The maximum atomic E-state index is 12.3. The first kappa shape index (κ1) is 20.5. The molecular weight excluding hydrogens is 389 g/mol. The van der Waals surface area contributed by atoms with Gasteiger partial charge in [-0.05, 0) is 48.7 Å². The molecule has 0 aliphatic carbocycles. The molecule has 9 heteroatoms. The highest BCUT2D eigenvalue weighted by molar-refractivity contribution is 5.97. The number of nitrogens with one attached hydrogen (secondary N) is 2. The summed E-state index contributed by atoms with van der Waals surface area (Å²) in [5.41, 5.74) is 2.00. The van der Waals surface area contributed by atoms with Gasteiger partial charge in [0.05, 0.1) is 0 Å². The zero-order valence-electron chi connectivity index (χ0n) is 15.6. The van der Waals surface area contributed by atoms with Gasteiger partial charge < -0.3 is 20.1 Å². The summed E-state index contributed by atoms with van der Waals surface area (Å²) in [6.07, 6.45) is -3.84. The number of benzene rings is 2. The standard InChI is InChI=1S/C20H19F3N2O4/c1-12-2-5-14(19(27)24-10-20(21,22)23)9-15(12)25-18(26)7-4-13-3-6-16-17(8-13)29-11-28-16/h2-3,5-6,8-9H,4,7,10-11H2,1H3,(H,24,27)(H,25,26).